The number of urea groups is 1. The van der Waals surface area contributed by atoms with Crippen molar-refractivity contribution in [2.24, 2.45) is 11.8 Å². The maximum absolute atomic E-state index is 13.2. The Morgan fingerprint density at radius 1 is 0.970 bits per heavy atom. The van der Waals surface area contributed by atoms with Crippen molar-refractivity contribution in [3.05, 3.63) is 64.1 Å². The molecule has 1 saturated heterocycles. The molecule has 1 aromatic heterocycles. The van der Waals surface area contributed by atoms with Gasteiger partial charge in [-0.1, -0.05) is 45.9 Å². The van der Waals surface area contributed by atoms with Crippen LogP contribution in [0, 0.1) is 11.8 Å². The van der Waals surface area contributed by atoms with Gasteiger partial charge in [0.2, 0.25) is 5.91 Å². The summed E-state index contributed by atoms with van der Waals surface area (Å²) in [6, 6.07) is 12.3. The number of pyridine rings is 1. The van der Waals surface area contributed by atoms with Crippen LogP contribution >= 0.6 is 0 Å². The Balaban J connectivity index is 1.42. The fourth-order valence-corrected chi connectivity index (χ4v) is 4.99. The highest BCUT2D eigenvalue weighted by atomic mass is 16.2. The number of aromatic nitrogens is 1. The molecule has 4 rings (SSSR count). The van der Waals surface area contributed by atoms with Crippen LogP contribution in [0.4, 0.5) is 10.5 Å². The normalized spacial score (nSPS) is 20.4. The Labute approximate surface area is 195 Å². The summed E-state index contributed by atoms with van der Waals surface area (Å²) in [5.74, 6) is 0.528. The minimum absolute atomic E-state index is 0.0260. The fraction of sp³-hybridized carbons (Fsp3) is 0.500. The molecule has 7 heteroatoms. The molecule has 0 spiro atoms. The maximum Gasteiger partial charge on any atom is 0.318 e. The number of nitrogens with zero attached hydrogens (tertiary/aromatic N) is 2. The molecule has 7 nitrogen and oxygen atoms in total. The summed E-state index contributed by atoms with van der Waals surface area (Å²) in [6.07, 6.45) is 0.980. The van der Waals surface area contributed by atoms with Gasteiger partial charge in [0, 0.05) is 43.0 Å². The first-order chi connectivity index (χ1) is 15.7. The zero-order chi connectivity index (χ0) is 23.7. The first-order valence-electron chi connectivity index (χ1n) is 11.9. The Bertz CT molecular complexity index is 1070. The maximum atomic E-state index is 13.2. The number of fused-ring (bicyclic) bond motifs is 4. The fourth-order valence-electron chi connectivity index (χ4n) is 4.99. The lowest BCUT2D eigenvalue weighted by atomic mass is 9.83. The van der Waals surface area contributed by atoms with Crippen molar-refractivity contribution in [1.82, 2.24) is 14.8 Å². The highest BCUT2D eigenvalue weighted by Crippen LogP contribution is 2.35. The van der Waals surface area contributed by atoms with Crippen LogP contribution in [0.25, 0.3) is 0 Å². The molecule has 1 aromatic carbocycles. The number of carbonyl (C=O) groups excluding carboxylic acids is 2. The lowest BCUT2D eigenvalue weighted by Crippen LogP contribution is -2.56. The van der Waals surface area contributed by atoms with Crippen LogP contribution in [0.15, 0.2) is 47.3 Å². The third-order valence-corrected chi connectivity index (χ3v) is 6.84. The number of piperidine rings is 1. The summed E-state index contributed by atoms with van der Waals surface area (Å²) in [6.45, 7) is 9.89. The number of benzene rings is 1. The van der Waals surface area contributed by atoms with Crippen molar-refractivity contribution in [3.8, 4) is 0 Å². The first kappa shape index (κ1) is 23.1. The molecule has 0 radical (unpaired) electrons. The zero-order valence-electron chi connectivity index (χ0n) is 19.9. The topological polar surface area (TPSA) is 83.4 Å². The van der Waals surface area contributed by atoms with E-state index in [9.17, 15) is 14.4 Å². The Morgan fingerprint density at radius 3 is 2.36 bits per heavy atom. The summed E-state index contributed by atoms with van der Waals surface area (Å²) in [5, 5.41) is 5.91. The van der Waals surface area contributed by atoms with Crippen molar-refractivity contribution < 1.29 is 9.59 Å². The molecular weight excluding hydrogens is 416 g/mol. The molecule has 2 aliphatic heterocycles. The molecule has 0 saturated carbocycles. The van der Waals surface area contributed by atoms with Gasteiger partial charge in [0.1, 0.15) is 6.04 Å². The molecule has 1 fully saturated rings. The van der Waals surface area contributed by atoms with Crippen LogP contribution in [0.5, 0.6) is 0 Å². The van der Waals surface area contributed by atoms with Gasteiger partial charge >= 0.3 is 6.03 Å². The van der Waals surface area contributed by atoms with E-state index in [1.807, 2.05) is 48.7 Å². The summed E-state index contributed by atoms with van der Waals surface area (Å²) < 4.78 is 1.85. The lowest BCUT2D eigenvalue weighted by Gasteiger charge is -2.43. The number of nitrogens with one attached hydrogen (secondary N) is 2. The molecule has 3 amide bonds. The van der Waals surface area contributed by atoms with Crippen LogP contribution in [0.3, 0.4) is 0 Å². The van der Waals surface area contributed by atoms with Crippen LogP contribution in [0.2, 0.25) is 0 Å². The second-order valence-electron chi connectivity index (χ2n) is 10.0. The SMILES string of the molecule is CC(C)c1ccc(NC(=O)[C@@H](NC(=O)N2C[C@@H]3C[C@H](C2)c2cccc(=O)n2C3)C(C)C)cc1. The van der Waals surface area contributed by atoms with Gasteiger partial charge in [-0.2, -0.15) is 0 Å². The van der Waals surface area contributed by atoms with Gasteiger partial charge in [-0.25, -0.2) is 4.79 Å². The zero-order valence-corrected chi connectivity index (χ0v) is 19.9. The standard InChI is InChI=1S/C26H34N4O3/c1-16(2)19-8-10-21(11-9-19)27-25(32)24(17(3)4)28-26(33)29-13-18-12-20(15-29)22-6-5-7-23(31)30(22)14-18/h5-11,16-18,20,24H,12-15H2,1-4H3,(H,27,32)(H,28,33)/t18-,20+,24-/m0/s1. The van der Waals surface area contributed by atoms with Gasteiger partial charge in [0.05, 0.1) is 0 Å². The highest BCUT2D eigenvalue weighted by molar-refractivity contribution is 5.97. The van der Waals surface area contributed by atoms with Crippen molar-refractivity contribution in [3.63, 3.8) is 0 Å². The first-order valence-corrected chi connectivity index (χ1v) is 11.9. The monoisotopic (exact) mass is 450 g/mol. The van der Waals surface area contributed by atoms with E-state index < -0.39 is 6.04 Å². The van der Waals surface area contributed by atoms with Gasteiger partial charge in [-0.3, -0.25) is 9.59 Å². The van der Waals surface area contributed by atoms with E-state index in [1.165, 1.54) is 5.56 Å². The van der Waals surface area contributed by atoms with Crippen molar-refractivity contribution in [2.45, 2.75) is 58.5 Å². The average molecular weight is 451 g/mol. The Kier molecular flexibility index (Phi) is 6.58. The summed E-state index contributed by atoms with van der Waals surface area (Å²) in [5.41, 5.74) is 2.96. The van der Waals surface area contributed by atoms with E-state index in [4.69, 9.17) is 0 Å². The number of likely N-dealkylation sites (tertiary alicyclic amines) is 1. The van der Waals surface area contributed by atoms with E-state index in [-0.39, 0.29) is 35.3 Å². The molecule has 3 heterocycles. The minimum Gasteiger partial charge on any atom is -0.326 e. The molecule has 33 heavy (non-hydrogen) atoms. The molecule has 0 unspecified atom stereocenters. The second kappa shape index (κ2) is 9.41. The third kappa shape index (κ3) is 4.97. The lowest BCUT2D eigenvalue weighted by molar-refractivity contribution is -0.118. The largest absolute Gasteiger partial charge is 0.326 e. The Morgan fingerprint density at radius 2 is 1.70 bits per heavy atom. The number of rotatable bonds is 5. The molecule has 0 aliphatic carbocycles. The van der Waals surface area contributed by atoms with Gasteiger partial charge in [0.25, 0.3) is 5.56 Å². The summed E-state index contributed by atoms with van der Waals surface area (Å²) >= 11 is 0. The third-order valence-electron chi connectivity index (χ3n) is 6.84. The second-order valence-corrected chi connectivity index (χ2v) is 10.0. The van der Waals surface area contributed by atoms with Crippen molar-refractivity contribution in [2.75, 3.05) is 18.4 Å². The molecule has 3 atom stereocenters. The van der Waals surface area contributed by atoms with Gasteiger partial charge < -0.3 is 20.1 Å². The molecule has 176 valence electrons. The number of hydrogen-bond donors (Lipinski definition) is 2. The predicted molar refractivity (Wildman–Crippen MR) is 129 cm³/mol. The quantitative estimate of drug-likeness (QED) is 0.728. The van der Waals surface area contributed by atoms with E-state index in [1.54, 1.807) is 17.0 Å². The van der Waals surface area contributed by atoms with E-state index in [0.29, 0.717) is 25.6 Å². The summed E-state index contributed by atoms with van der Waals surface area (Å²) in [4.78, 5) is 40.2. The van der Waals surface area contributed by atoms with Gasteiger partial charge in [0.15, 0.2) is 0 Å². The molecule has 2 aromatic rings. The van der Waals surface area contributed by atoms with Crippen molar-refractivity contribution >= 4 is 17.6 Å². The van der Waals surface area contributed by atoms with Crippen molar-refractivity contribution in [1.29, 1.82) is 0 Å². The van der Waals surface area contributed by atoms with Crippen LogP contribution in [-0.2, 0) is 11.3 Å². The number of hydrogen-bond acceptors (Lipinski definition) is 3. The smallest absolute Gasteiger partial charge is 0.318 e. The van der Waals surface area contributed by atoms with E-state index in [2.05, 4.69) is 24.5 Å². The molecule has 2 aliphatic rings. The minimum atomic E-state index is -0.640. The number of anilines is 1. The van der Waals surface area contributed by atoms with Gasteiger partial charge in [-0.05, 0) is 47.9 Å². The Hall–Kier alpha value is -3.09. The summed E-state index contributed by atoms with van der Waals surface area (Å²) in [7, 11) is 0. The number of amides is 3. The number of carbonyl (C=O) groups is 2. The van der Waals surface area contributed by atoms with Crippen LogP contribution in [-0.4, -0.2) is 40.5 Å². The van der Waals surface area contributed by atoms with Crippen LogP contribution in [0.1, 0.15) is 57.2 Å². The van der Waals surface area contributed by atoms with E-state index >= 15 is 0 Å². The molecule has 2 N–H and O–H groups in total. The van der Waals surface area contributed by atoms with Gasteiger partial charge in [-0.15, -0.1) is 0 Å². The highest BCUT2D eigenvalue weighted by Gasteiger charge is 2.37. The predicted octanol–water partition coefficient (Wildman–Crippen LogP) is 3.76. The van der Waals surface area contributed by atoms with Crippen LogP contribution < -0.4 is 16.2 Å². The molecule has 2 bridgehead atoms. The van der Waals surface area contributed by atoms with E-state index in [0.717, 1.165) is 17.8 Å². The average Bonchev–Trinajstić information content (AvgIpc) is 2.78. The molecular formula is C26H34N4O3.